The van der Waals surface area contributed by atoms with Gasteiger partial charge in [-0.25, -0.2) is 5.43 Å². The predicted octanol–water partition coefficient (Wildman–Crippen LogP) is 5.85. The first-order valence-electron chi connectivity index (χ1n) is 10.7. The molecule has 0 radical (unpaired) electrons. The third kappa shape index (κ3) is 7.89. The number of hydrazone groups is 1. The maximum absolute atomic E-state index is 12.7. The van der Waals surface area contributed by atoms with E-state index in [9.17, 15) is 9.59 Å². The van der Waals surface area contributed by atoms with E-state index in [1.165, 1.54) is 24.4 Å². The molecule has 2 aromatic carbocycles. The van der Waals surface area contributed by atoms with Crippen molar-refractivity contribution in [1.29, 1.82) is 0 Å². The van der Waals surface area contributed by atoms with E-state index in [0.29, 0.717) is 38.7 Å². The monoisotopic (exact) mass is 571 g/mol. The first-order chi connectivity index (χ1) is 16.0. The molecule has 1 atom stereocenters. The molecule has 2 aromatic rings. The van der Waals surface area contributed by atoms with E-state index in [1.54, 1.807) is 6.07 Å². The van der Waals surface area contributed by atoms with Gasteiger partial charge in [-0.2, -0.15) is 5.10 Å². The number of carbonyl (C=O) groups excluding carboxylic acids is 2. The highest BCUT2D eigenvalue weighted by Crippen LogP contribution is 2.37. The molecule has 184 valence electrons. The smallest absolute Gasteiger partial charge is 0.262 e. The van der Waals surface area contributed by atoms with Crippen molar-refractivity contribution in [3.8, 4) is 11.5 Å². The van der Waals surface area contributed by atoms with E-state index in [1.807, 2.05) is 40.7 Å². The summed E-state index contributed by atoms with van der Waals surface area (Å²) in [6, 6.07) is 7.28. The summed E-state index contributed by atoms with van der Waals surface area (Å²) < 4.78 is 12.2. The van der Waals surface area contributed by atoms with Gasteiger partial charge in [-0.15, -0.1) is 0 Å². The highest BCUT2D eigenvalue weighted by molar-refractivity contribution is 9.10. The van der Waals surface area contributed by atoms with E-state index in [-0.39, 0.29) is 17.0 Å². The fraction of sp³-hybridized carbons (Fsp3) is 0.375. The van der Waals surface area contributed by atoms with Gasteiger partial charge in [0.05, 0.1) is 33.4 Å². The molecule has 0 saturated heterocycles. The molecule has 0 spiro atoms. The van der Waals surface area contributed by atoms with Gasteiger partial charge in [0.2, 0.25) is 0 Å². The number of ether oxygens (including phenoxy) is 2. The standard InChI is InChI=1S/C24H28BrCl2N3O4/c1-6-33-20-10-15(9-17(25)22(20)34-14(4)5)12-28-30-24(32)21(13(2)3)29-23(31)16-7-8-18(26)19(27)11-16/h7-14,21H,6H2,1-5H3,(H,29,31)(H,30,32)/b28-12+. The van der Waals surface area contributed by atoms with Gasteiger partial charge in [-0.3, -0.25) is 9.59 Å². The minimum Gasteiger partial charge on any atom is -0.490 e. The fourth-order valence-corrected chi connectivity index (χ4v) is 3.76. The van der Waals surface area contributed by atoms with Gasteiger partial charge in [0.1, 0.15) is 6.04 Å². The van der Waals surface area contributed by atoms with Crippen LogP contribution < -0.4 is 20.2 Å². The Kier molecular flexibility index (Phi) is 10.7. The molecule has 0 aliphatic carbocycles. The molecule has 1 unspecified atom stereocenters. The Bertz CT molecular complexity index is 1060. The minimum atomic E-state index is -0.813. The summed E-state index contributed by atoms with van der Waals surface area (Å²) in [5.74, 6) is 0.0780. The Labute approximate surface area is 218 Å². The van der Waals surface area contributed by atoms with Crippen LogP contribution in [0.25, 0.3) is 0 Å². The van der Waals surface area contributed by atoms with Gasteiger partial charge in [0, 0.05) is 5.56 Å². The number of hydrogen-bond donors (Lipinski definition) is 2. The molecule has 0 saturated carbocycles. The Balaban J connectivity index is 2.12. The predicted molar refractivity (Wildman–Crippen MR) is 139 cm³/mol. The van der Waals surface area contributed by atoms with Crippen molar-refractivity contribution in [2.24, 2.45) is 11.0 Å². The normalized spacial score (nSPS) is 12.2. The summed E-state index contributed by atoms with van der Waals surface area (Å²) in [5.41, 5.74) is 3.48. The average Bonchev–Trinajstić information content (AvgIpc) is 2.75. The molecule has 10 heteroatoms. The molecule has 34 heavy (non-hydrogen) atoms. The molecule has 0 aromatic heterocycles. The van der Waals surface area contributed by atoms with Crippen molar-refractivity contribution in [3.05, 3.63) is 56.0 Å². The molecular weight excluding hydrogens is 545 g/mol. The Morgan fingerprint density at radius 2 is 1.82 bits per heavy atom. The van der Waals surface area contributed by atoms with Crippen LogP contribution in [0.15, 0.2) is 39.9 Å². The zero-order valence-electron chi connectivity index (χ0n) is 19.6. The lowest BCUT2D eigenvalue weighted by Gasteiger charge is -2.20. The van der Waals surface area contributed by atoms with Gasteiger partial charge in [0.15, 0.2) is 11.5 Å². The molecule has 0 aliphatic heterocycles. The van der Waals surface area contributed by atoms with Gasteiger partial charge < -0.3 is 14.8 Å². The summed E-state index contributed by atoms with van der Waals surface area (Å²) in [6.07, 6.45) is 1.46. The molecule has 2 amide bonds. The zero-order valence-corrected chi connectivity index (χ0v) is 22.7. The maximum Gasteiger partial charge on any atom is 0.262 e. The van der Waals surface area contributed by atoms with E-state index < -0.39 is 17.9 Å². The number of hydrogen-bond acceptors (Lipinski definition) is 5. The van der Waals surface area contributed by atoms with Crippen LogP contribution in [-0.2, 0) is 4.79 Å². The number of rotatable bonds is 10. The number of nitrogens with zero attached hydrogens (tertiary/aromatic N) is 1. The van der Waals surface area contributed by atoms with Crippen molar-refractivity contribution < 1.29 is 19.1 Å². The SMILES string of the molecule is CCOc1cc(/C=N/NC(=O)C(NC(=O)c2ccc(Cl)c(Cl)c2)C(C)C)cc(Br)c1OC(C)C. The third-order valence-corrected chi connectivity index (χ3v) is 5.82. The quantitative estimate of drug-likeness (QED) is 0.276. The number of amides is 2. The molecule has 7 nitrogen and oxygen atoms in total. The van der Waals surface area contributed by atoms with Crippen LogP contribution in [0, 0.1) is 5.92 Å². The van der Waals surface area contributed by atoms with Crippen LogP contribution in [0.1, 0.15) is 50.5 Å². The molecule has 0 heterocycles. The second-order valence-corrected chi connectivity index (χ2v) is 9.66. The maximum atomic E-state index is 12.7. The highest BCUT2D eigenvalue weighted by atomic mass is 79.9. The number of nitrogens with one attached hydrogen (secondary N) is 2. The van der Waals surface area contributed by atoms with Crippen LogP contribution in [0.4, 0.5) is 0 Å². The van der Waals surface area contributed by atoms with Crippen LogP contribution >= 0.6 is 39.1 Å². The van der Waals surface area contributed by atoms with Crippen molar-refractivity contribution >= 4 is 57.2 Å². The van der Waals surface area contributed by atoms with Crippen LogP contribution in [0.2, 0.25) is 10.0 Å². The summed E-state index contributed by atoms with van der Waals surface area (Å²) in [6.45, 7) is 9.85. The Morgan fingerprint density at radius 1 is 1.12 bits per heavy atom. The van der Waals surface area contributed by atoms with Gasteiger partial charge in [-0.1, -0.05) is 37.0 Å². The van der Waals surface area contributed by atoms with Crippen molar-refractivity contribution in [1.82, 2.24) is 10.7 Å². The average molecular weight is 573 g/mol. The summed E-state index contributed by atoms with van der Waals surface area (Å²) in [4.78, 5) is 25.3. The molecular formula is C24H28BrCl2N3O4. The number of halogens is 3. The summed E-state index contributed by atoms with van der Waals surface area (Å²) in [5, 5.41) is 7.37. The minimum absolute atomic E-state index is 0.0265. The third-order valence-electron chi connectivity index (χ3n) is 4.49. The van der Waals surface area contributed by atoms with E-state index in [2.05, 4.69) is 31.8 Å². The molecule has 2 rings (SSSR count). The lowest BCUT2D eigenvalue weighted by Crippen LogP contribution is -2.48. The van der Waals surface area contributed by atoms with Gasteiger partial charge in [-0.05, 0) is 78.5 Å². The molecule has 0 aliphatic rings. The summed E-state index contributed by atoms with van der Waals surface area (Å²) in [7, 11) is 0. The fourth-order valence-electron chi connectivity index (χ4n) is 2.91. The van der Waals surface area contributed by atoms with E-state index >= 15 is 0 Å². The second kappa shape index (κ2) is 13.0. The van der Waals surface area contributed by atoms with Gasteiger partial charge >= 0.3 is 0 Å². The van der Waals surface area contributed by atoms with Crippen LogP contribution in [0.3, 0.4) is 0 Å². The first-order valence-corrected chi connectivity index (χ1v) is 12.3. The molecule has 2 N–H and O–H groups in total. The van der Waals surface area contributed by atoms with Crippen LogP contribution in [-0.4, -0.2) is 36.8 Å². The van der Waals surface area contributed by atoms with Crippen molar-refractivity contribution in [2.45, 2.75) is 46.8 Å². The number of carbonyl (C=O) groups is 2. The van der Waals surface area contributed by atoms with Crippen molar-refractivity contribution in [3.63, 3.8) is 0 Å². The lowest BCUT2D eigenvalue weighted by atomic mass is 10.0. The van der Waals surface area contributed by atoms with Crippen molar-refractivity contribution in [2.75, 3.05) is 6.61 Å². The molecule has 0 fully saturated rings. The first kappa shape index (κ1) is 28.0. The van der Waals surface area contributed by atoms with Gasteiger partial charge in [0.25, 0.3) is 11.8 Å². The Hall–Kier alpha value is -2.29. The summed E-state index contributed by atoms with van der Waals surface area (Å²) >= 11 is 15.4. The van der Waals surface area contributed by atoms with E-state index in [4.69, 9.17) is 32.7 Å². The largest absolute Gasteiger partial charge is 0.490 e. The Morgan fingerprint density at radius 3 is 2.41 bits per heavy atom. The lowest BCUT2D eigenvalue weighted by molar-refractivity contribution is -0.123. The highest BCUT2D eigenvalue weighted by Gasteiger charge is 2.25. The van der Waals surface area contributed by atoms with E-state index in [0.717, 1.165) is 0 Å². The second-order valence-electron chi connectivity index (χ2n) is 7.99. The topological polar surface area (TPSA) is 89.0 Å². The zero-order chi connectivity index (χ0) is 25.4. The molecule has 0 bridgehead atoms. The number of benzene rings is 2. The van der Waals surface area contributed by atoms with Crippen LogP contribution in [0.5, 0.6) is 11.5 Å².